The van der Waals surface area contributed by atoms with Crippen LogP contribution < -0.4 is 15.4 Å². The van der Waals surface area contributed by atoms with Crippen LogP contribution in [-0.2, 0) is 9.59 Å². The Morgan fingerprint density at radius 1 is 1.58 bits per heavy atom. The highest BCUT2D eigenvalue weighted by Gasteiger charge is 2.23. The summed E-state index contributed by atoms with van der Waals surface area (Å²) in [4.78, 5) is 23.0. The van der Waals surface area contributed by atoms with Gasteiger partial charge in [-0.05, 0) is 31.5 Å². The van der Waals surface area contributed by atoms with Crippen LogP contribution in [0.1, 0.15) is 20.3 Å². The second kappa shape index (κ2) is 5.61. The number of nitrogens with one attached hydrogen (secondary N) is 2. The predicted octanol–water partition coefficient (Wildman–Crippen LogP) is 2.52. The number of carbonyl (C=O) groups excluding carboxylic acids is 2. The van der Waals surface area contributed by atoms with Crippen LogP contribution in [0.5, 0.6) is 5.75 Å². The lowest BCUT2D eigenvalue weighted by Gasteiger charge is -2.23. The van der Waals surface area contributed by atoms with E-state index in [1.807, 2.05) is 6.92 Å². The molecule has 0 aromatic heterocycles. The third-order valence-corrected chi connectivity index (χ3v) is 3.88. The molecule has 2 N–H and O–H groups in total. The van der Waals surface area contributed by atoms with E-state index in [0.717, 1.165) is 0 Å². The van der Waals surface area contributed by atoms with Crippen LogP contribution in [-0.4, -0.2) is 22.7 Å². The Hall–Kier alpha value is -1.56. The molecule has 2 atom stereocenters. The summed E-state index contributed by atoms with van der Waals surface area (Å²) in [5, 5.41) is 5.52. The Morgan fingerprint density at radius 3 is 3.00 bits per heavy atom. The van der Waals surface area contributed by atoms with Crippen molar-refractivity contribution < 1.29 is 14.3 Å². The number of halogens is 1. The molecule has 2 amide bonds. The first-order valence-corrected chi connectivity index (χ1v) is 6.99. The number of anilines is 2. The van der Waals surface area contributed by atoms with E-state index in [1.54, 1.807) is 25.1 Å². The maximum Gasteiger partial charge on any atom is 0.265 e. The Balaban J connectivity index is 2.15. The maximum atomic E-state index is 11.8. The monoisotopic (exact) mass is 326 g/mol. The number of ether oxygens (including phenoxy) is 1. The van der Waals surface area contributed by atoms with Crippen LogP contribution in [0.3, 0.4) is 0 Å². The van der Waals surface area contributed by atoms with E-state index in [-0.39, 0.29) is 16.6 Å². The molecule has 0 aliphatic carbocycles. The minimum absolute atomic E-state index is 0.112. The third-order valence-electron chi connectivity index (χ3n) is 2.82. The second-order valence-electron chi connectivity index (χ2n) is 4.33. The normalized spacial score (nSPS) is 18.9. The molecule has 19 heavy (non-hydrogen) atoms. The van der Waals surface area contributed by atoms with E-state index in [0.29, 0.717) is 23.5 Å². The molecule has 5 nitrogen and oxygen atoms in total. The summed E-state index contributed by atoms with van der Waals surface area (Å²) in [5.41, 5.74) is 1.20. The quantitative estimate of drug-likeness (QED) is 0.839. The van der Waals surface area contributed by atoms with E-state index < -0.39 is 6.10 Å². The van der Waals surface area contributed by atoms with Crippen molar-refractivity contribution in [2.24, 2.45) is 0 Å². The lowest BCUT2D eigenvalue weighted by Crippen LogP contribution is -2.34. The van der Waals surface area contributed by atoms with E-state index in [1.165, 1.54) is 0 Å². The van der Waals surface area contributed by atoms with Gasteiger partial charge in [-0.15, -0.1) is 0 Å². The van der Waals surface area contributed by atoms with Gasteiger partial charge in [0, 0.05) is 5.69 Å². The van der Waals surface area contributed by atoms with Gasteiger partial charge in [0.2, 0.25) is 5.91 Å². The van der Waals surface area contributed by atoms with E-state index in [9.17, 15) is 9.59 Å². The molecule has 1 aromatic carbocycles. The van der Waals surface area contributed by atoms with Crippen molar-refractivity contribution in [3.05, 3.63) is 18.2 Å². The van der Waals surface area contributed by atoms with E-state index in [2.05, 4.69) is 26.6 Å². The lowest BCUT2D eigenvalue weighted by atomic mass is 10.2. The number of carbonyl (C=O) groups is 2. The number of rotatable bonds is 3. The summed E-state index contributed by atoms with van der Waals surface area (Å²) in [6, 6.07) is 5.17. The lowest BCUT2D eigenvalue weighted by molar-refractivity contribution is -0.122. The molecule has 1 aliphatic rings. The van der Waals surface area contributed by atoms with Crippen molar-refractivity contribution in [2.45, 2.75) is 31.2 Å². The molecule has 0 spiro atoms. The highest BCUT2D eigenvalue weighted by molar-refractivity contribution is 9.10. The fourth-order valence-corrected chi connectivity index (χ4v) is 1.81. The van der Waals surface area contributed by atoms with Crippen LogP contribution in [0.4, 0.5) is 11.4 Å². The molecular formula is C13H15BrN2O3. The van der Waals surface area contributed by atoms with Crippen molar-refractivity contribution in [1.29, 1.82) is 0 Å². The van der Waals surface area contributed by atoms with Gasteiger partial charge in [-0.25, -0.2) is 0 Å². The Kier molecular flexibility index (Phi) is 4.09. The zero-order valence-corrected chi connectivity index (χ0v) is 12.3. The molecule has 0 radical (unpaired) electrons. The van der Waals surface area contributed by atoms with Gasteiger partial charge >= 0.3 is 0 Å². The summed E-state index contributed by atoms with van der Waals surface area (Å²) >= 11 is 3.29. The van der Waals surface area contributed by atoms with Gasteiger partial charge in [0.1, 0.15) is 5.75 Å². The van der Waals surface area contributed by atoms with Gasteiger partial charge < -0.3 is 15.4 Å². The predicted molar refractivity (Wildman–Crippen MR) is 76.8 cm³/mol. The van der Waals surface area contributed by atoms with E-state index in [4.69, 9.17) is 4.74 Å². The number of amides is 2. The van der Waals surface area contributed by atoms with Crippen molar-refractivity contribution in [1.82, 2.24) is 0 Å². The summed E-state index contributed by atoms with van der Waals surface area (Å²) in [7, 11) is 0. The van der Waals surface area contributed by atoms with Crippen LogP contribution in [0.2, 0.25) is 0 Å². The smallest absolute Gasteiger partial charge is 0.265 e. The molecule has 1 aliphatic heterocycles. The summed E-state index contributed by atoms with van der Waals surface area (Å²) in [6.07, 6.45) is 0.202. The Labute approximate surface area is 119 Å². The number of alkyl halides is 1. The highest BCUT2D eigenvalue weighted by Crippen LogP contribution is 2.32. The van der Waals surface area contributed by atoms with Crippen molar-refractivity contribution in [2.75, 3.05) is 10.6 Å². The minimum Gasteiger partial charge on any atom is -0.479 e. The number of fused-ring (bicyclic) bond motifs is 1. The molecule has 0 fully saturated rings. The fourth-order valence-electron chi connectivity index (χ4n) is 1.69. The van der Waals surface area contributed by atoms with Crippen LogP contribution in [0, 0.1) is 0 Å². The molecule has 0 bridgehead atoms. The number of hydrogen-bond acceptors (Lipinski definition) is 3. The maximum absolute atomic E-state index is 11.8. The first-order chi connectivity index (χ1) is 9.01. The van der Waals surface area contributed by atoms with Crippen molar-refractivity contribution >= 4 is 39.1 Å². The SMILES string of the molecule is CCC(Br)C(=O)Nc1ccc2c(c1)NC(=O)C(C)O2. The van der Waals surface area contributed by atoms with Gasteiger partial charge in [0.05, 0.1) is 10.5 Å². The van der Waals surface area contributed by atoms with Crippen molar-refractivity contribution in [3.63, 3.8) is 0 Å². The molecule has 6 heteroatoms. The molecule has 1 aromatic rings. The van der Waals surface area contributed by atoms with Gasteiger partial charge in [0.25, 0.3) is 5.91 Å². The van der Waals surface area contributed by atoms with Crippen LogP contribution in [0.25, 0.3) is 0 Å². The van der Waals surface area contributed by atoms with Crippen LogP contribution >= 0.6 is 15.9 Å². The van der Waals surface area contributed by atoms with Crippen molar-refractivity contribution in [3.8, 4) is 5.75 Å². The standard InChI is InChI=1S/C13H15BrN2O3/c1-3-9(14)13(18)15-8-4-5-11-10(6-8)16-12(17)7(2)19-11/h4-7,9H,3H2,1-2H3,(H,15,18)(H,16,17). The first kappa shape index (κ1) is 13.9. The van der Waals surface area contributed by atoms with Gasteiger partial charge in [-0.2, -0.15) is 0 Å². The van der Waals surface area contributed by atoms with Gasteiger partial charge in [0.15, 0.2) is 6.10 Å². The molecule has 102 valence electrons. The Morgan fingerprint density at radius 2 is 2.32 bits per heavy atom. The summed E-state index contributed by atoms with van der Waals surface area (Å²) in [5.74, 6) is 0.303. The fraction of sp³-hybridized carbons (Fsp3) is 0.385. The average Bonchev–Trinajstić information content (AvgIpc) is 2.39. The second-order valence-corrected chi connectivity index (χ2v) is 5.43. The first-order valence-electron chi connectivity index (χ1n) is 6.07. The largest absolute Gasteiger partial charge is 0.479 e. The van der Waals surface area contributed by atoms with Crippen LogP contribution in [0.15, 0.2) is 18.2 Å². The zero-order valence-electron chi connectivity index (χ0n) is 10.7. The molecule has 0 saturated carbocycles. The summed E-state index contributed by atoms with van der Waals surface area (Å²) in [6.45, 7) is 3.60. The Bertz CT molecular complexity index is 519. The third kappa shape index (κ3) is 3.07. The molecule has 2 rings (SSSR count). The average molecular weight is 327 g/mol. The summed E-state index contributed by atoms with van der Waals surface area (Å²) < 4.78 is 5.44. The van der Waals surface area contributed by atoms with E-state index >= 15 is 0 Å². The molecule has 1 heterocycles. The topological polar surface area (TPSA) is 67.4 Å². The number of hydrogen-bond donors (Lipinski definition) is 2. The molecular weight excluding hydrogens is 312 g/mol. The number of benzene rings is 1. The molecule has 0 saturated heterocycles. The minimum atomic E-state index is -0.500. The van der Waals surface area contributed by atoms with Gasteiger partial charge in [-0.3, -0.25) is 9.59 Å². The molecule has 2 unspecified atom stereocenters. The zero-order chi connectivity index (χ0) is 14.0. The van der Waals surface area contributed by atoms with Gasteiger partial charge in [-0.1, -0.05) is 22.9 Å². The highest BCUT2D eigenvalue weighted by atomic mass is 79.9.